The van der Waals surface area contributed by atoms with Crippen LogP contribution in [0.1, 0.15) is 20.8 Å². The van der Waals surface area contributed by atoms with Crippen LogP contribution in [0.3, 0.4) is 0 Å². The van der Waals surface area contributed by atoms with Gasteiger partial charge in [-0.3, -0.25) is 9.52 Å². The highest BCUT2D eigenvalue weighted by Gasteiger charge is 2.20. The molecule has 0 heterocycles. The predicted octanol–water partition coefficient (Wildman–Crippen LogP) is 3.45. The fourth-order valence-electron chi connectivity index (χ4n) is 2.50. The van der Waals surface area contributed by atoms with Crippen molar-refractivity contribution < 1.29 is 27.4 Å². The molecule has 0 aliphatic carbocycles. The molecule has 0 radical (unpaired) electrons. The van der Waals surface area contributed by atoms with Crippen LogP contribution in [0.15, 0.2) is 41.3 Å². The number of sulfonamides is 1. The van der Waals surface area contributed by atoms with E-state index in [4.69, 9.17) is 25.8 Å². The Morgan fingerprint density at radius 3 is 2.13 bits per heavy atom. The lowest BCUT2D eigenvalue weighted by Crippen LogP contribution is -2.40. The summed E-state index contributed by atoms with van der Waals surface area (Å²) in [4.78, 5) is 12.0. The number of carbonyl (C=O) groups is 1. The second-order valence-corrected chi connectivity index (χ2v) is 8.78. The first kappa shape index (κ1) is 23.6. The summed E-state index contributed by atoms with van der Waals surface area (Å²) in [7, 11) is -1.10. The standard InChI is InChI=1S/C20H25ClN2O6S/c1-12(2)22-20(24)13(3)29-14-6-8-15(9-7-14)30(25,26)23-17-11-18(27-4)16(21)10-19(17)28-5/h6-13,23H,1-5H3,(H,22,24)/t13-/m1/s1. The maximum Gasteiger partial charge on any atom is 0.262 e. The van der Waals surface area contributed by atoms with Crippen LogP contribution in [0.25, 0.3) is 0 Å². The van der Waals surface area contributed by atoms with E-state index in [2.05, 4.69) is 10.0 Å². The maximum atomic E-state index is 12.8. The zero-order valence-corrected chi connectivity index (χ0v) is 18.9. The van der Waals surface area contributed by atoms with Crippen LogP contribution >= 0.6 is 11.6 Å². The number of hydrogen-bond acceptors (Lipinski definition) is 6. The number of benzene rings is 2. The first-order valence-corrected chi connectivity index (χ1v) is 10.9. The Bertz CT molecular complexity index is 993. The van der Waals surface area contributed by atoms with Crippen LogP contribution in [-0.2, 0) is 14.8 Å². The van der Waals surface area contributed by atoms with Crippen molar-refractivity contribution >= 4 is 33.2 Å². The lowest BCUT2D eigenvalue weighted by atomic mass is 10.3. The number of anilines is 1. The van der Waals surface area contributed by atoms with Gasteiger partial charge in [0.25, 0.3) is 15.9 Å². The second-order valence-electron chi connectivity index (χ2n) is 6.69. The van der Waals surface area contributed by atoms with Gasteiger partial charge < -0.3 is 19.5 Å². The first-order chi connectivity index (χ1) is 14.1. The molecule has 1 amide bonds. The van der Waals surface area contributed by atoms with E-state index in [-0.39, 0.29) is 33.3 Å². The summed E-state index contributed by atoms with van der Waals surface area (Å²) in [5, 5.41) is 3.03. The van der Waals surface area contributed by atoms with Gasteiger partial charge in [-0.05, 0) is 45.0 Å². The molecule has 0 aliphatic rings. The summed E-state index contributed by atoms with van der Waals surface area (Å²) in [5.41, 5.74) is 0.179. The first-order valence-electron chi connectivity index (χ1n) is 9.08. The van der Waals surface area contributed by atoms with E-state index in [1.807, 2.05) is 13.8 Å². The van der Waals surface area contributed by atoms with Crippen molar-refractivity contribution in [1.29, 1.82) is 0 Å². The number of amides is 1. The molecule has 2 rings (SSSR count). The summed E-state index contributed by atoms with van der Waals surface area (Å²) < 4.78 is 43.9. The van der Waals surface area contributed by atoms with Gasteiger partial charge >= 0.3 is 0 Å². The van der Waals surface area contributed by atoms with E-state index in [9.17, 15) is 13.2 Å². The van der Waals surface area contributed by atoms with Crippen LogP contribution < -0.4 is 24.2 Å². The molecule has 0 aliphatic heterocycles. The van der Waals surface area contributed by atoms with E-state index < -0.39 is 16.1 Å². The fraction of sp³-hybridized carbons (Fsp3) is 0.350. The number of halogens is 1. The number of nitrogens with one attached hydrogen (secondary N) is 2. The van der Waals surface area contributed by atoms with Crippen LogP contribution in [0.2, 0.25) is 5.02 Å². The molecule has 0 saturated heterocycles. The molecule has 0 unspecified atom stereocenters. The molecule has 0 saturated carbocycles. The summed E-state index contributed by atoms with van der Waals surface area (Å²) in [6, 6.07) is 8.60. The van der Waals surface area contributed by atoms with Gasteiger partial charge in [0.2, 0.25) is 0 Å². The number of hydrogen-bond donors (Lipinski definition) is 2. The molecular formula is C20H25ClN2O6S. The van der Waals surface area contributed by atoms with E-state index in [1.165, 1.54) is 50.6 Å². The summed E-state index contributed by atoms with van der Waals surface area (Å²) in [6.45, 7) is 5.31. The Morgan fingerprint density at radius 2 is 1.60 bits per heavy atom. The second kappa shape index (κ2) is 9.90. The molecule has 0 fully saturated rings. The Balaban J connectivity index is 2.19. The molecule has 8 nitrogen and oxygen atoms in total. The normalized spacial score (nSPS) is 12.2. The van der Waals surface area contributed by atoms with Crippen LogP contribution in [-0.4, -0.2) is 40.7 Å². The molecule has 30 heavy (non-hydrogen) atoms. The molecule has 164 valence electrons. The SMILES string of the molecule is COc1cc(NS(=O)(=O)c2ccc(O[C@H](C)C(=O)NC(C)C)cc2)c(OC)cc1Cl. The van der Waals surface area contributed by atoms with E-state index in [0.29, 0.717) is 11.5 Å². The molecule has 0 aromatic heterocycles. The van der Waals surface area contributed by atoms with Crippen molar-refractivity contribution in [2.45, 2.75) is 37.8 Å². The Morgan fingerprint density at radius 1 is 1.00 bits per heavy atom. The van der Waals surface area contributed by atoms with Crippen LogP contribution in [0, 0.1) is 0 Å². The average Bonchev–Trinajstić information content (AvgIpc) is 2.68. The highest BCUT2D eigenvalue weighted by molar-refractivity contribution is 7.92. The van der Waals surface area contributed by atoms with E-state index in [1.54, 1.807) is 6.92 Å². The monoisotopic (exact) mass is 456 g/mol. The molecule has 1 atom stereocenters. The van der Waals surface area contributed by atoms with Crippen molar-refractivity contribution in [1.82, 2.24) is 5.32 Å². The minimum atomic E-state index is -3.92. The lowest BCUT2D eigenvalue weighted by molar-refractivity contribution is -0.127. The van der Waals surface area contributed by atoms with Gasteiger partial charge in [-0.1, -0.05) is 11.6 Å². The molecule has 0 spiro atoms. The smallest absolute Gasteiger partial charge is 0.262 e. The van der Waals surface area contributed by atoms with Gasteiger partial charge in [0.1, 0.15) is 17.2 Å². The number of carbonyl (C=O) groups excluding carboxylic acids is 1. The molecular weight excluding hydrogens is 432 g/mol. The number of methoxy groups -OCH3 is 2. The van der Waals surface area contributed by atoms with Crippen molar-refractivity contribution in [3.8, 4) is 17.2 Å². The average molecular weight is 457 g/mol. The lowest BCUT2D eigenvalue weighted by Gasteiger charge is -2.17. The predicted molar refractivity (Wildman–Crippen MR) is 115 cm³/mol. The largest absolute Gasteiger partial charge is 0.495 e. The molecule has 2 aromatic carbocycles. The van der Waals surface area contributed by atoms with Gasteiger partial charge in [0, 0.05) is 18.2 Å². The van der Waals surface area contributed by atoms with Gasteiger partial charge in [-0.25, -0.2) is 8.42 Å². The summed E-state index contributed by atoms with van der Waals surface area (Å²) in [6.07, 6.45) is -0.723. The summed E-state index contributed by atoms with van der Waals surface area (Å²) >= 11 is 6.05. The Labute approximate surface area is 181 Å². The highest BCUT2D eigenvalue weighted by Crippen LogP contribution is 2.37. The Kier molecular flexibility index (Phi) is 7.80. The molecule has 2 aromatic rings. The third kappa shape index (κ3) is 5.93. The van der Waals surface area contributed by atoms with Crippen molar-refractivity contribution in [2.24, 2.45) is 0 Å². The van der Waals surface area contributed by atoms with Gasteiger partial charge in [0.05, 0.1) is 29.8 Å². The maximum absolute atomic E-state index is 12.8. The van der Waals surface area contributed by atoms with E-state index in [0.717, 1.165) is 0 Å². The summed E-state index contributed by atoms with van der Waals surface area (Å²) in [5.74, 6) is 0.653. The van der Waals surface area contributed by atoms with Crippen LogP contribution in [0.4, 0.5) is 5.69 Å². The van der Waals surface area contributed by atoms with Crippen molar-refractivity contribution in [2.75, 3.05) is 18.9 Å². The Hall–Kier alpha value is -2.65. The third-order valence-electron chi connectivity index (χ3n) is 3.97. The van der Waals surface area contributed by atoms with Crippen molar-refractivity contribution in [3.05, 3.63) is 41.4 Å². The molecule has 10 heteroatoms. The minimum Gasteiger partial charge on any atom is -0.495 e. The van der Waals surface area contributed by atoms with Gasteiger partial charge in [0.15, 0.2) is 6.10 Å². The number of ether oxygens (including phenoxy) is 3. The zero-order valence-electron chi connectivity index (χ0n) is 17.4. The zero-order chi connectivity index (χ0) is 22.5. The van der Waals surface area contributed by atoms with Crippen LogP contribution in [0.5, 0.6) is 17.2 Å². The van der Waals surface area contributed by atoms with Gasteiger partial charge in [-0.2, -0.15) is 0 Å². The van der Waals surface area contributed by atoms with Gasteiger partial charge in [-0.15, -0.1) is 0 Å². The number of rotatable bonds is 9. The quantitative estimate of drug-likeness (QED) is 0.599. The topological polar surface area (TPSA) is 103 Å². The highest BCUT2D eigenvalue weighted by atomic mass is 35.5. The third-order valence-corrected chi connectivity index (χ3v) is 5.64. The van der Waals surface area contributed by atoms with E-state index >= 15 is 0 Å². The fourth-order valence-corrected chi connectivity index (χ4v) is 3.79. The molecule has 0 bridgehead atoms. The molecule has 2 N–H and O–H groups in total. The van der Waals surface area contributed by atoms with Crippen molar-refractivity contribution in [3.63, 3.8) is 0 Å². The minimum absolute atomic E-state index is 0.00473.